The van der Waals surface area contributed by atoms with E-state index in [0.717, 1.165) is 5.69 Å². The molecule has 0 spiro atoms. The van der Waals surface area contributed by atoms with Gasteiger partial charge in [0.25, 0.3) is 0 Å². The molecular weight excluding hydrogens is 555 g/mol. The Morgan fingerprint density at radius 1 is 0.326 bits per heavy atom. The van der Waals surface area contributed by atoms with Crippen molar-refractivity contribution in [3.05, 3.63) is 187 Å². The Balaban J connectivity index is 1.26. The first kappa shape index (κ1) is 27.9. The minimum atomic E-state index is -0.212. The van der Waals surface area contributed by atoms with E-state index in [-0.39, 0.29) is 5.41 Å². The lowest BCUT2D eigenvalue weighted by Gasteiger charge is -2.42. The maximum atomic E-state index is 2.45. The lowest BCUT2D eigenvalue weighted by Crippen LogP contribution is -2.30. The predicted molar refractivity (Wildman–Crippen MR) is 195 cm³/mol. The van der Waals surface area contributed by atoms with Gasteiger partial charge < -0.3 is 4.90 Å². The van der Waals surface area contributed by atoms with Crippen LogP contribution in [0.4, 0.5) is 17.1 Å². The Bertz CT molecular complexity index is 2130. The molecule has 0 amide bonds. The van der Waals surface area contributed by atoms with Crippen molar-refractivity contribution in [3.63, 3.8) is 0 Å². The fraction of sp³-hybridized carbons (Fsp3) is 0.0667. The molecule has 0 radical (unpaired) electrons. The molecule has 1 aliphatic rings. The van der Waals surface area contributed by atoms with Crippen LogP contribution in [0.1, 0.15) is 25.0 Å². The van der Waals surface area contributed by atoms with Crippen molar-refractivity contribution in [2.75, 3.05) is 4.90 Å². The van der Waals surface area contributed by atoms with Gasteiger partial charge in [0.05, 0.1) is 11.4 Å². The van der Waals surface area contributed by atoms with Crippen molar-refractivity contribution < 1.29 is 0 Å². The Kier molecular flexibility index (Phi) is 6.88. The Morgan fingerprint density at radius 3 is 1.04 bits per heavy atom. The van der Waals surface area contributed by atoms with Crippen LogP contribution >= 0.6 is 0 Å². The molecule has 0 unspecified atom stereocenters. The molecule has 0 saturated heterocycles. The number of benzene rings is 7. The first-order valence-electron chi connectivity index (χ1n) is 16.0. The minimum Gasteiger partial charge on any atom is -0.310 e. The number of fused-ring (bicyclic) bond motifs is 2. The normalized spacial score (nSPS) is 13.1. The summed E-state index contributed by atoms with van der Waals surface area (Å²) in [5.74, 6) is 0. The van der Waals surface area contributed by atoms with Gasteiger partial charge in [0.15, 0.2) is 0 Å². The van der Waals surface area contributed by atoms with Crippen LogP contribution in [-0.2, 0) is 5.41 Å². The summed E-state index contributed by atoms with van der Waals surface area (Å²) >= 11 is 0. The second kappa shape index (κ2) is 11.4. The Labute approximate surface area is 272 Å². The maximum absolute atomic E-state index is 2.45. The Hall–Kier alpha value is -5.66. The van der Waals surface area contributed by atoms with E-state index in [4.69, 9.17) is 0 Å². The average molecular weight is 590 g/mol. The van der Waals surface area contributed by atoms with Crippen molar-refractivity contribution in [2.45, 2.75) is 19.3 Å². The van der Waals surface area contributed by atoms with E-state index in [0.29, 0.717) is 0 Å². The van der Waals surface area contributed by atoms with E-state index >= 15 is 0 Å². The van der Waals surface area contributed by atoms with Gasteiger partial charge in [-0.05, 0) is 92.0 Å². The van der Waals surface area contributed by atoms with Crippen molar-refractivity contribution in [1.29, 1.82) is 0 Å². The quantitative estimate of drug-likeness (QED) is 0.193. The van der Waals surface area contributed by atoms with Gasteiger partial charge in [-0.3, -0.25) is 0 Å². The molecule has 1 heteroatoms. The smallest absolute Gasteiger partial charge is 0.0503 e. The molecule has 46 heavy (non-hydrogen) atoms. The number of hydrogen-bond acceptors (Lipinski definition) is 1. The second-order valence-corrected chi connectivity index (χ2v) is 12.6. The molecule has 0 aliphatic carbocycles. The predicted octanol–water partition coefficient (Wildman–Crippen LogP) is 12.5. The lowest BCUT2D eigenvalue weighted by atomic mass is 9.72. The highest BCUT2D eigenvalue weighted by Gasteiger charge is 2.37. The highest BCUT2D eigenvalue weighted by Crippen LogP contribution is 2.53. The molecule has 0 fully saturated rings. The van der Waals surface area contributed by atoms with Crippen LogP contribution in [0.3, 0.4) is 0 Å². The van der Waals surface area contributed by atoms with Gasteiger partial charge in [0.1, 0.15) is 0 Å². The molecule has 1 heterocycles. The first-order chi connectivity index (χ1) is 22.6. The molecule has 0 saturated carbocycles. The van der Waals surface area contributed by atoms with Crippen LogP contribution in [-0.4, -0.2) is 0 Å². The van der Waals surface area contributed by atoms with Gasteiger partial charge in [-0.1, -0.05) is 153 Å². The van der Waals surface area contributed by atoms with Gasteiger partial charge in [0.2, 0.25) is 0 Å². The van der Waals surface area contributed by atoms with Gasteiger partial charge in [-0.2, -0.15) is 0 Å². The molecule has 8 rings (SSSR count). The maximum Gasteiger partial charge on any atom is 0.0503 e. The summed E-state index contributed by atoms with van der Waals surface area (Å²) in [4.78, 5) is 2.45. The third kappa shape index (κ3) is 4.91. The summed E-state index contributed by atoms with van der Waals surface area (Å²) in [6.07, 6.45) is 0. The number of anilines is 3. The topological polar surface area (TPSA) is 3.24 Å². The zero-order valence-electron chi connectivity index (χ0n) is 26.2. The van der Waals surface area contributed by atoms with Gasteiger partial charge in [-0.15, -0.1) is 0 Å². The summed E-state index contributed by atoms with van der Waals surface area (Å²) in [6, 6.07) is 63.8. The summed E-state index contributed by atoms with van der Waals surface area (Å²) in [5.41, 5.74) is 15.9. The fourth-order valence-electron chi connectivity index (χ4n) is 6.93. The van der Waals surface area contributed by atoms with E-state index in [9.17, 15) is 0 Å². The van der Waals surface area contributed by atoms with E-state index in [1.165, 1.54) is 67.0 Å². The average Bonchev–Trinajstić information content (AvgIpc) is 3.13. The molecule has 0 N–H and O–H groups in total. The monoisotopic (exact) mass is 589 g/mol. The molecule has 0 bridgehead atoms. The highest BCUT2D eigenvalue weighted by atomic mass is 15.2. The van der Waals surface area contributed by atoms with Gasteiger partial charge in [0, 0.05) is 11.1 Å². The molecular formula is C45H35N. The van der Waals surface area contributed by atoms with Crippen LogP contribution in [0.5, 0.6) is 0 Å². The van der Waals surface area contributed by atoms with Crippen molar-refractivity contribution in [2.24, 2.45) is 0 Å². The lowest BCUT2D eigenvalue weighted by molar-refractivity contribution is 0.632. The van der Waals surface area contributed by atoms with Crippen LogP contribution in [0.15, 0.2) is 176 Å². The fourth-order valence-corrected chi connectivity index (χ4v) is 6.93. The first-order valence-corrected chi connectivity index (χ1v) is 16.0. The van der Waals surface area contributed by atoms with Crippen LogP contribution < -0.4 is 4.90 Å². The molecule has 1 nitrogen and oxygen atoms in total. The van der Waals surface area contributed by atoms with Crippen LogP contribution in [0, 0.1) is 0 Å². The summed E-state index contributed by atoms with van der Waals surface area (Å²) < 4.78 is 0. The molecule has 1 aliphatic heterocycles. The molecule has 7 aromatic carbocycles. The SMILES string of the molecule is CC1(C)c2cc(-c3ccccc3)ccc2N(c2ccc(-c3ccccc3)cc2)c2ccc(-c3ccc(-c4ccccc4)cc3)cc21. The molecule has 0 atom stereocenters. The largest absolute Gasteiger partial charge is 0.310 e. The summed E-state index contributed by atoms with van der Waals surface area (Å²) in [5, 5.41) is 0. The number of rotatable bonds is 5. The standard InChI is InChI=1S/C45H35N/c1-45(2)41-30-38(34-16-10-5-11-17-34)24-28-43(41)46(40-26-22-36(23-27-40)33-14-8-4-9-15-33)44-29-25-39(31-42(44)45)37-20-18-35(19-21-37)32-12-6-3-7-13-32/h3-31H,1-2H3. The zero-order valence-corrected chi connectivity index (χ0v) is 26.2. The van der Waals surface area contributed by atoms with Gasteiger partial charge in [-0.25, -0.2) is 0 Å². The second-order valence-electron chi connectivity index (χ2n) is 12.6. The highest BCUT2D eigenvalue weighted by molar-refractivity contribution is 5.89. The molecule has 7 aromatic rings. The molecule has 220 valence electrons. The number of hydrogen-bond donors (Lipinski definition) is 0. The van der Waals surface area contributed by atoms with E-state index < -0.39 is 0 Å². The summed E-state index contributed by atoms with van der Waals surface area (Å²) in [7, 11) is 0. The zero-order chi connectivity index (χ0) is 31.1. The van der Waals surface area contributed by atoms with E-state index in [1.807, 2.05) is 0 Å². The van der Waals surface area contributed by atoms with Crippen LogP contribution in [0.2, 0.25) is 0 Å². The third-order valence-electron chi connectivity index (χ3n) is 9.49. The van der Waals surface area contributed by atoms with E-state index in [1.54, 1.807) is 0 Å². The van der Waals surface area contributed by atoms with Crippen molar-refractivity contribution in [1.82, 2.24) is 0 Å². The van der Waals surface area contributed by atoms with Crippen LogP contribution in [0.25, 0.3) is 44.5 Å². The summed E-state index contributed by atoms with van der Waals surface area (Å²) in [6.45, 7) is 4.75. The Morgan fingerprint density at radius 2 is 0.630 bits per heavy atom. The number of nitrogens with zero attached hydrogens (tertiary/aromatic N) is 1. The molecule has 0 aromatic heterocycles. The van der Waals surface area contributed by atoms with Crippen molar-refractivity contribution in [3.8, 4) is 44.5 Å². The minimum absolute atomic E-state index is 0.212. The van der Waals surface area contributed by atoms with Crippen molar-refractivity contribution >= 4 is 17.1 Å². The van der Waals surface area contributed by atoms with Gasteiger partial charge >= 0.3 is 0 Å². The van der Waals surface area contributed by atoms with E-state index in [2.05, 4.69) is 195 Å². The third-order valence-corrected chi connectivity index (χ3v) is 9.49.